The highest BCUT2D eigenvalue weighted by molar-refractivity contribution is 6.34. The lowest BCUT2D eigenvalue weighted by Gasteiger charge is -2.27. The van der Waals surface area contributed by atoms with Gasteiger partial charge in [0.2, 0.25) is 0 Å². The molecule has 1 aromatic heterocycles. The summed E-state index contributed by atoms with van der Waals surface area (Å²) in [5, 5.41) is 4.12. The van der Waals surface area contributed by atoms with E-state index in [9.17, 15) is 9.59 Å². The van der Waals surface area contributed by atoms with Gasteiger partial charge >= 0.3 is 0 Å². The van der Waals surface area contributed by atoms with Crippen molar-refractivity contribution in [3.63, 3.8) is 0 Å². The number of ether oxygens (including phenoxy) is 1. The molecule has 30 heavy (non-hydrogen) atoms. The highest BCUT2D eigenvalue weighted by Crippen LogP contribution is 2.23. The summed E-state index contributed by atoms with van der Waals surface area (Å²) < 4.78 is 7.35. The summed E-state index contributed by atoms with van der Waals surface area (Å²) in [4.78, 5) is 27.8. The monoisotopic (exact) mass is 423 g/mol. The van der Waals surface area contributed by atoms with Crippen LogP contribution in [-0.2, 0) is 16.6 Å². The van der Waals surface area contributed by atoms with Gasteiger partial charge in [-0.1, -0.05) is 41.9 Å². The number of amides is 2. The maximum atomic E-state index is 13.2. The number of halogens is 1. The third-order valence-corrected chi connectivity index (χ3v) is 5.45. The van der Waals surface area contributed by atoms with Crippen LogP contribution in [0.5, 0.6) is 0 Å². The predicted molar refractivity (Wildman–Crippen MR) is 117 cm³/mol. The van der Waals surface area contributed by atoms with Crippen LogP contribution in [0.2, 0.25) is 5.02 Å². The van der Waals surface area contributed by atoms with E-state index in [1.165, 1.54) is 0 Å². The minimum atomic E-state index is -0.423. The molecule has 1 saturated heterocycles. The Hall–Kier alpha value is -3.09. The quantitative estimate of drug-likeness (QED) is 0.653. The van der Waals surface area contributed by atoms with Crippen LogP contribution >= 0.6 is 11.6 Å². The summed E-state index contributed by atoms with van der Waals surface area (Å²) in [6, 6.07) is 14.7. The Morgan fingerprint density at radius 2 is 1.77 bits per heavy atom. The van der Waals surface area contributed by atoms with Crippen molar-refractivity contribution in [3.8, 4) is 0 Å². The second-order valence-electron chi connectivity index (χ2n) is 7.11. The van der Waals surface area contributed by atoms with Crippen LogP contribution in [0.3, 0.4) is 0 Å². The van der Waals surface area contributed by atoms with Crippen LogP contribution in [-0.4, -0.2) is 47.6 Å². The molecular formula is C23H22ClN3O3. The van der Waals surface area contributed by atoms with E-state index >= 15 is 0 Å². The van der Waals surface area contributed by atoms with Crippen molar-refractivity contribution in [3.05, 3.63) is 76.6 Å². The number of aryl methyl sites for hydroxylation is 1. The number of benzene rings is 2. The summed E-state index contributed by atoms with van der Waals surface area (Å²) in [5.74, 6) is -0.666. The number of morpholine rings is 1. The van der Waals surface area contributed by atoms with E-state index in [2.05, 4.69) is 5.32 Å². The number of aromatic nitrogens is 1. The first-order valence-electron chi connectivity index (χ1n) is 9.73. The molecule has 0 unspecified atom stereocenters. The molecule has 0 bridgehead atoms. The van der Waals surface area contributed by atoms with E-state index in [0.717, 1.165) is 16.5 Å². The molecule has 1 N–H and O–H groups in total. The van der Waals surface area contributed by atoms with Crippen LogP contribution in [0, 0.1) is 0 Å². The molecule has 4 rings (SSSR count). The molecule has 1 aliphatic rings. The van der Waals surface area contributed by atoms with Gasteiger partial charge in [-0.2, -0.15) is 0 Å². The standard InChI is InChI=1S/C23H22ClN3O3/c1-26-15-16(17-6-3-5-9-21(17)26)14-20(23(29)27-10-12-30-13-11-27)25-22(28)18-7-2-4-8-19(18)24/h2-9,14-15H,10-13H2,1H3,(H,25,28). The Morgan fingerprint density at radius 1 is 1.07 bits per heavy atom. The first-order valence-corrected chi connectivity index (χ1v) is 10.1. The fourth-order valence-electron chi connectivity index (χ4n) is 3.57. The van der Waals surface area contributed by atoms with Gasteiger partial charge in [0.05, 0.1) is 23.8 Å². The van der Waals surface area contributed by atoms with Gasteiger partial charge in [0.25, 0.3) is 11.8 Å². The molecular weight excluding hydrogens is 402 g/mol. The first kappa shape index (κ1) is 20.2. The van der Waals surface area contributed by atoms with Crippen LogP contribution in [0.1, 0.15) is 15.9 Å². The van der Waals surface area contributed by atoms with E-state index in [1.807, 2.05) is 42.1 Å². The van der Waals surface area contributed by atoms with Crippen molar-refractivity contribution >= 4 is 40.4 Å². The predicted octanol–water partition coefficient (Wildman–Crippen LogP) is 3.46. The molecule has 2 heterocycles. The zero-order chi connectivity index (χ0) is 21.1. The van der Waals surface area contributed by atoms with Crippen molar-refractivity contribution in [1.82, 2.24) is 14.8 Å². The summed E-state index contributed by atoms with van der Waals surface area (Å²) in [7, 11) is 1.95. The number of para-hydroxylation sites is 1. The number of hydrogen-bond donors (Lipinski definition) is 1. The van der Waals surface area contributed by atoms with Gasteiger partial charge in [0.15, 0.2) is 0 Å². The zero-order valence-corrected chi connectivity index (χ0v) is 17.4. The van der Waals surface area contributed by atoms with Gasteiger partial charge in [-0.25, -0.2) is 0 Å². The van der Waals surface area contributed by atoms with Crippen LogP contribution in [0.4, 0.5) is 0 Å². The minimum absolute atomic E-state index is 0.207. The van der Waals surface area contributed by atoms with E-state index in [-0.39, 0.29) is 11.6 Å². The summed E-state index contributed by atoms with van der Waals surface area (Å²) in [5.41, 5.74) is 2.42. The largest absolute Gasteiger partial charge is 0.378 e. The molecule has 0 atom stereocenters. The average Bonchev–Trinajstić information content (AvgIpc) is 3.09. The van der Waals surface area contributed by atoms with Crippen LogP contribution < -0.4 is 5.32 Å². The van der Waals surface area contributed by atoms with Crippen molar-refractivity contribution in [2.45, 2.75) is 0 Å². The van der Waals surface area contributed by atoms with E-state index in [4.69, 9.17) is 16.3 Å². The van der Waals surface area contributed by atoms with E-state index in [1.54, 1.807) is 35.2 Å². The molecule has 7 heteroatoms. The highest BCUT2D eigenvalue weighted by atomic mass is 35.5. The van der Waals surface area contributed by atoms with Crippen molar-refractivity contribution in [2.75, 3.05) is 26.3 Å². The fraction of sp³-hybridized carbons (Fsp3) is 0.217. The Bertz CT molecular complexity index is 1130. The molecule has 6 nitrogen and oxygen atoms in total. The topological polar surface area (TPSA) is 63.6 Å². The fourth-order valence-corrected chi connectivity index (χ4v) is 3.79. The summed E-state index contributed by atoms with van der Waals surface area (Å²) in [6.07, 6.45) is 3.67. The molecule has 154 valence electrons. The Labute approximate surface area is 179 Å². The number of fused-ring (bicyclic) bond motifs is 1. The van der Waals surface area contributed by atoms with Crippen LogP contribution in [0.15, 0.2) is 60.4 Å². The van der Waals surface area contributed by atoms with Gasteiger partial charge in [0.1, 0.15) is 5.70 Å². The second-order valence-corrected chi connectivity index (χ2v) is 7.52. The lowest BCUT2D eigenvalue weighted by molar-refractivity contribution is -0.131. The molecule has 0 radical (unpaired) electrons. The van der Waals surface area contributed by atoms with E-state index in [0.29, 0.717) is 36.9 Å². The Morgan fingerprint density at radius 3 is 2.53 bits per heavy atom. The number of nitrogens with one attached hydrogen (secondary N) is 1. The number of carbonyl (C=O) groups excluding carboxylic acids is 2. The number of carbonyl (C=O) groups is 2. The van der Waals surface area contributed by atoms with Gasteiger partial charge in [-0.15, -0.1) is 0 Å². The molecule has 0 aliphatic carbocycles. The van der Waals surface area contributed by atoms with Crippen molar-refractivity contribution in [2.24, 2.45) is 7.05 Å². The molecule has 2 amide bonds. The molecule has 1 fully saturated rings. The first-order chi connectivity index (χ1) is 14.5. The molecule has 0 spiro atoms. The van der Waals surface area contributed by atoms with Gasteiger partial charge in [0, 0.05) is 42.8 Å². The maximum absolute atomic E-state index is 13.2. The van der Waals surface area contributed by atoms with Gasteiger partial charge in [-0.05, 0) is 24.3 Å². The SMILES string of the molecule is Cn1cc(C=C(NC(=O)c2ccccc2Cl)C(=O)N2CCOCC2)c2ccccc21. The smallest absolute Gasteiger partial charge is 0.270 e. The lowest BCUT2D eigenvalue weighted by atomic mass is 10.1. The van der Waals surface area contributed by atoms with E-state index < -0.39 is 5.91 Å². The normalized spacial score (nSPS) is 14.7. The highest BCUT2D eigenvalue weighted by Gasteiger charge is 2.23. The third-order valence-electron chi connectivity index (χ3n) is 5.12. The molecule has 1 aliphatic heterocycles. The Kier molecular flexibility index (Phi) is 5.88. The number of nitrogens with zero attached hydrogens (tertiary/aromatic N) is 2. The second kappa shape index (κ2) is 8.73. The lowest BCUT2D eigenvalue weighted by Crippen LogP contribution is -2.44. The molecule has 3 aromatic rings. The maximum Gasteiger partial charge on any atom is 0.270 e. The molecule has 2 aromatic carbocycles. The summed E-state index contributed by atoms with van der Waals surface area (Å²) in [6.45, 7) is 1.92. The van der Waals surface area contributed by atoms with Crippen molar-refractivity contribution < 1.29 is 14.3 Å². The zero-order valence-electron chi connectivity index (χ0n) is 16.6. The minimum Gasteiger partial charge on any atom is -0.378 e. The summed E-state index contributed by atoms with van der Waals surface area (Å²) >= 11 is 6.18. The van der Waals surface area contributed by atoms with Gasteiger partial charge < -0.3 is 19.5 Å². The Balaban J connectivity index is 1.73. The van der Waals surface area contributed by atoms with Crippen molar-refractivity contribution in [1.29, 1.82) is 0 Å². The van der Waals surface area contributed by atoms with Gasteiger partial charge in [-0.3, -0.25) is 9.59 Å². The third kappa shape index (κ3) is 4.10. The molecule has 0 saturated carbocycles. The number of hydrogen-bond acceptors (Lipinski definition) is 3. The van der Waals surface area contributed by atoms with Crippen LogP contribution in [0.25, 0.3) is 17.0 Å². The number of rotatable bonds is 4. The average molecular weight is 424 g/mol.